The summed E-state index contributed by atoms with van der Waals surface area (Å²) in [5.41, 5.74) is 0.983. The van der Waals surface area contributed by atoms with Crippen molar-refractivity contribution in [1.29, 1.82) is 0 Å². The molecule has 3 nitrogen and oxygen atoms in total. The molecule has 102 valence electrons. The lowest BCUT2D eigenvalue weighted by atomic mass is 10.2. The van der Waals surface area contributed by atoms with Gasteiger partial charge >= 0.3 is 0 Å². The van der Waals surface area contributed by atoms with Crippen LogP contribution in [0.25, 0.3) is 0 Å². The number of halogens is 2. The number of hydrogen-bond donors (Lipinski definition) is 1. The second kappa shape index (κ2) is 6.73. The molecule has 1 aromatic heterocycles. The van der Waals surface area contributed by atoms with Crippen LogP contribution in [0, 0.1) is 5.82 Å². The molecule has 0 aliphatic carbocycles. The van der Waals surface area contributed by atoms with Crippen molar-refractivity contribution < 1.29 is 13.5 Å². The zero-order valence-electron chi connectivity index (χ0n) is 10.6. The molecule has 0 aliphatic heterocycles. The van der Waals surface area contributed by atoms with Gasteiger partial charge in [-0.2, -0.15) is 0 Å². The summed E-state index contributed by atoms with van der Waals surface area (Å²) in [6.45, 7) is 3.98. The van der Waals surface area contributed by atoms with Crippen LogP contribution in [0.2, 0.25) is 0 Å². The highest BCUT2D eigenvalue weighted by atomic mass is 79.9. The molecule has 0 bridgehead atoms. The van der Waals surface area contributed by atoms with Crippen molar-refractivity contribution in [2.24, 2.45) is 0 Å². The summed E-state index contributed by atoms with van der Waals surface area (Å²) < 4.78 is 24.6. The minimum atomic E-state index is -0.296. The van der Waals surface area contributed by atoms with E-state index in [1.165, 1.54) is 12.1 Å². The highest BCUT2D eigenvalue weighted by Crippen LogP contribution is 2.26. The Balaban J connectivity index is 2.00. The number of furan rings is 1. The van der Waals surface area contributed by atoms with Crippen molar-refractivity contribution >= 4 is 15.9 Å². The molecule has 0 amide bonds. The fourth-order valence-corrected chi connectivity index (χ4v) is 2.10. The van der Waals surface area contributed by atoms with Crippen LogP contribution in [0.1, 0.15) is 18.2 Å². The molecule has 2 rings (SSSR count). The average molecular weight is 328 g/mol. The number of nitrogens with one attached hydrogen (secondary N) is 1. The van der Waals surface area contributed by atoms with E-state index in [-0.39, 0.29) is 5.82 Å². The molecular formula is C14H15BrFNO2. The van der Waals surface area contributed by atoms with Gasteiger partial charge in [-0.15, -0.1) is 0 Å². The third-order valence-electron chi connectivity index (χ3n) is 2.65. The first-order valence-electron chi connectivity index (χ1n) is 6.04. The van der Waals surface area contributed by atoms with Crippen LogP contribution in [0.4, 0.5) is 4.39 Å². The quantitative estimate of drug-likeness (QED) is 0.874. The van der Waals surface area contributed by atoms with Crippen molar-refractivity contribution in [1.82, 2.24) is 5.32 Å². The maximum absolute atomic E-state index is 13.0. The van der Waals surface area contributed by atoms with E-state index in [4.69, 9.17) is 9.15 Å². The third-order valence-corrected chi connectivity index (χ3v) is 3.27. The van der Waals surface area contributed by atoms with Gasteiger partial charge in [0.1, 0.15) is 23.9 Å². The van der Waals surface area contributed by atoms with Crippen LogP contribution in [0.5, 0.6) is 5.75 Å². The molecule has 0 atom stereocenters. The summed E-state index contributed by atoms with van der Waals surface area (Å²) in [5, 5.41) is 3.20. The van der Waals surface area contributed by atoms with Gasteiger partial charge < -0.3 is 14.5 Å². The molecule has 0 aliphatic rings. The smallest absolute Gasteiger partial charge is 0.134 e. The molecule has 0 fully saturated rings. The highest BCUT2D eigenvalue weighted by Gasteiger charge is 2.08. The Bertz CT molecular complexity index is 542. The Hall–Kier alpha value is -1.33. The van der Waals surface area contributed by atoms with Gasteiger partial charge in [0.15, 0.2) is 0 Å². The van der Waals surface area contributed by atoms with Crippen LogP contribution in [-0.4, -0.2) is 6.54 Å². The summed E-state index contributed by atoms with van der Waals surface area (Å²) in [7, 11) is 0. The van der Waals surface area contributed by atoms with E-state index < -0.39 is 0 Å². The molecule has 5 heteroatoms. The highest BCUT2D eigenvalue weighted by molar-refractivity contribution is 9.10. The van der Waals surface area contributed by atoms with E-state index in [0.29, 0.717) is 23.4 Å². The molecule has 0 saturated heterocycles. The summed E-state index contributed by atoms with van der Waals surface area (Å²) >= 11 is 3.27. The lowest BCUT2D eigenvalue weighted by Gasteiger charge is -2.08. The van der Waals surface area contributed by atoms with E-state index in [0.717, 1.165) is 17.9 Å². The van der Waals surface area contributed by atoms with E-state index in [9.17, 15) is 4.39 Å². The van der Waals surface area contributed by atoms with Crippen LogP contribution < -0.4 is 10.1 Å². The molecule has 2 aromatic rings. The van der Waals surface area contributed by atoms with Gasteiger partial charge in [-0.1, -0.05) is 6.92 Å². The lowest BCUT2D eigenvalue weighted by molar-refractivity contribution is 0.299. The summed E-state index contributed by atoms with van der Waals surface area (Å²) in [6.07, 6.45) is 1.64. The Morgan fingerprint density at radius 1 is 1.37 bits per heavy atom. The Morgan fingerprint density at radius 3 is 2.95 bits per heavy atom. The predicted octanol–water partition coefficient (Wildman–Crippen LogP) is 3.87. The van der Waals surface area contributed by atoms with Crippen molar-refractivity contribution in [2.45, 2.75) is 20.1 Å². The topological polar surface area (TPSA) is 34.4 Å². The Morgan fingerprint density at radius 2 is 2.21 bits per heavy atom. The van der Waals surface area contributed by atoms with Crippen molar-refractivity contribution in [3.8, 4) is 5.75 Å². The SMILES string of the molecule is CCNCc1occc1COc1ccc(F)cc1Br. The summed E-state index contributed by atoms with van der Waals surface area (Å²) in [5.74, 6) is 1.17. The first-order valence-corrected chi connectivity index (χ1v) is 6.83. The van der Waals surface area contributed by atoms with Crippen molar-refractivity contribution in [3.05, 3.63) is 52.1 Å². The van der Waals surface area contributed by atoms with Crippen molar-refractivity contribution in [2.75, 3.05) is 6.54 Å². The normalized spacial score (nSPS) is 10.7. The second-order valence-electron chi connectivity index (χ2n) is 4.01. The van der Waals surface area contributed by atoms with Crippen LogP contribution >= 0.6 is 15.9 Å². The molecule has 1 aromatic carbocycles. The molecular weight excluding hydrogens is 313 g/mol. The molecule has 0 spiro atoms. The molecule has 0 unspecified atom stereocenters. The second-order valence-corrected chi connectivity index (χ2v) is 4.87. The Kier molecular flexibility index (Phi) is 4.99. The minimum Gasteiger partial charge on any atom is -0.488 e. The molecule has 0 radical (unpaired) electrons. The van der Waals surface area contributed by atoms with Gasteiger partial charge in [0, 0.05) is 5.56 Å². The van der Waals surface area contributed by atoms with Crippen LogP contribution in [-0.2, 0) is 13.2 Å². The monoisotopic (exact) mass is 327 g/mol. The zero-order chi connectivity index (χ0) is 13.7. The van der Waals surface area contributed by atoms with Gasteiger partial charge in [0.05, 0.1) is 17.3 Å². The first-order chi connectivity index (χ1) is 9.20. The fraction of sp³-hybridized carbons (Fsp3) is 0.286. The lowest BCUT2D eigenvalue weighted by Crippen LogP contribution is -2.12. The summed E-state index contributed by atoms with van der Waals surface area (Å²) in [4.78, 5) is 0. The van der Waals surface area contributed by atoms with E-state index in [1.54, 1.807) is 12.3 Å². The predicted molar refractivity (Wildman–Crippen MR) is 74.5 cm³/mol. The Labute approximate surface area is 119 Å². The number of benzene rings is 1. The van der Waals surface area contributed by atoms with Crippen LogP contribution in [0.3, 0.4) is 0 Å². The van der Waals surface area contributed by atoms with Gasteiger partial charge in [0.2, 0.25) is 0 Å². The van der Waals surface area contributed by atoms with Gasteiger partial charge in [-0.05, 0) is 46.7 Å². The molecule has 1 N–H and O–H groups in total. The number of rotatable bonds is 6. The van der Waals surface area contributed by atoms with Crippen LogP contribution in [0.15, 0.2) is 39.4 Å². The molecule has 19 heavy (non-hydrogen) atoms. The maximum atomic E-state index is 13.0. The van der Waals surface area contributed by atoms with Gasteiger partial charge in [-0.3, -0.25) is 0 Å². The maximum Gasteiger partial charge on any atom is 0.134 e. The number of ether oxygens (including phenoxy) is 1. The van der Waals surface area contributed by atoms with Crippen molar-refractivity contribution in [3.63, 3.8) is 0 Å². The number of hydrogen-bond acceptors (Lipinski definition) is 3. The third kappa shape index (κ3) is 3.81. The summed E-state index contributed by atoms with van der Waals surface area (Å²) in [6, 6.07) is 6.23. The van der Waals surface area contributed by atoms with E-state index in [2.05, 4.69) is 21.2 Å². The standard InChI is InChI=1S/C14H15BrFNO2/c1-2-17-8-14-10(5-6-18-14)9-19-13-4-3-11(16)7-12(13)15/h3-7,17H,2,8-9H2,1H3. The average Bonchev–Trinajstić information content (AvgIpc) is 2.83. The van der Waals surface area contributed by atoms with Gasteiger partial charge in [-0.25, -0.2) is 4.39 Å². The molecule has 1 heterocycles. The fourth-order valence-electron chi connectivity index (χ4n) is 1.64. The minimum absolute atomic E-state index is 0.296. The first kappa shape index (κ1) is 14.1. The molecule has 0 saturated carbocycles. The zero-order valence-corrected chi connectivity index (χ0v) is 12.2. The van der Waals surface area contributed by atoms with Gasteiger partial charge in [0.25, 0.3) is 0 Å². The largest absolute Gasteiger partial charge is 0.488 e. The van der Waals surface area contributed by atoms with E-state index in [1.807, 2.05) is 13.0 Å². The van der Waals surface area contributed by atoms with E-state index >= 15 is 0 Å².